The van der Waals surface area contributed by atoms with Gasteiger partial charge in [0.2, 0.25) is 0 Å². The van der Waals surface area contributed by atoms with E-state index < -0.39 is 11.7 Å². The van der Waals surface area contributed by atoms with Gasteiger partial charge in [0.25, 0.3) is 0 Å². The second-order valence-corrected chi connectivity index (χ2v) is 6.83. The first-order valence-corrected chi connectivity index (χ1v) is 8.91. The van der Waals surface area contributed by atoms with Crippen molar-refractivity contribution in [3.63, 3.8) is 0 Å². The normalized spacial score (nSPS) is 19.9. The van der Waals surface area contributed by atoms with Gasteiger partial charge in [-0.05, 0) is 41.8 Å². The van der Waals surface area contributed by atoms with E-state index in [1.54, 1.807) is 0 Å². The van der Waals surface area contributed by atoms with Gasteiger partial charge in [-0.2, -0.15) is 13.2 Å². The highest BCUT2D eigenvalue weighted by Crippen LogP contribution is 2.33. The standard InChI is InChI=1S/C20H20F3N3O/c21-20(22,23)15-4-1-13(2-5-15)14-3-6-18-17(11-14)19(25-8-10-27-18)26-9-7-16(24)12-26/h1-6,11,16H,7-10,12,24H2. The summed E-state index contributed by atoms with van der Waals surface area (Å²) in [7, 11) is 0. The van der Waals surface area contributed by atoms with Gasteiger partial charge in [-0.3, -0.25) is 4.99 Å². The van der Waals surface area contributed by atoms with Gasteiger partial charge < -0.3 is 15.4 Å². The molecule has 1 saturated heterocycles. The lowest BCUT2D eigenvalue weighted by Gasteiger charge is -2.21. The van der Waals surface area contributed by atoms with Crippen molar-refractivity contribution in [1.29, 1.82) is 0 Å². The molecule has 0 bridgehead atoms. The van der Waals surface area contributed by atoms with E-state index >= 15 is 0 Å². The van der Waals surface area contributed by atoms with Crippen LogP contribution in [0.5, 0.6) is 5.75 Å². The summed E-state index contributed by atoms with van der Waals surface area (Å²) in [4.78, 5) is 6.84. The van der Waals surface area contributed by atoms with Crippen molar-refractivity contribution in [3.8, 4) is 16.9 Å². The number of likely N-dealkylation sites (tertiary alicyclic amines) is 1. The minimum Gasteiger partial charge on any atom is -0.491 e. The van der Waals surface area contributed by atoms with Gasteiger partial charge in [0.05, 0.1) is 17.7 Å². The molecule has 27 heavy (non-hydrogen) atoms. The van der Waals surface area contributed by atoms with Crippen molar-refractivity contribution in [2.24, 2.45) is 10.7 Å². The van der Waals surface area contributed by atoms with E-state index in [0.29, 0.717) is 18.7 Å². The largest absolute Gasteiger partial charge is 0.491 e. The van der Waals surface area contributed by atoms with Gasteiger partial charge in [0.1, 0.15) is 18.2 Å². The minimum atomic E-state index is -4.34. The van der Waals surface area contributed by atoms with E-state index in [2.05, 4.69) is 9.89 Å². The lowest BCUT2D eigenvalue weighted by molar-refractivity contribution is -0.137. The molecule has 1 unspecified atom stereocenters. The lowest BCUT2D eigenvalue weighted by atomic mass is 10.00. The summed E-state index contributed by atoms with van der Waals surface area (Å²) in [5, 5.41) is 0. The summed E-state index contributed by atoms with van der Waals surface area (Å²) in [5.41, 5.74) is 7.79. The highest BCUT2D eigenvalue weighted by molar-refractivity contribution is 6.02. The third-order valence-electron chi connectivity index (χ3n) is 4.90. The third-order valence-corrected chi connectivity index (χ3v) is 4.90. The molecule has 0 saturated carbocycles. The zero-order valence-corrected chi connectivity index (χ0v) is 14.7. The van der Waals surface area contributed by atoms with Crippen LogP contribution in [0.4, 0.5) is 13.2 Å². The van der Waals surface area contributed by atoms with E-state index in [-0.39, 0.29) is 6.04 Å². The number of aliphatic imine (C=N–C) groups is 1. The lowest BCUT2D eigenvalue weighted by Crippen LogP contribution is -2.32. The van der Waals surface area contributed by atoms with E-state index in [1.807, 2.05) is 18.2 Å². The Morgan fingerprint density at radius 1 is 1.07 bits per heavy atom. The zero-order valence-electron chi connectivity index (χ0n) is 14.7. The molecule has 4 nitrogen and oxygen atoms in total. The van der Waals surface area contributed by atoms with Crippen LogP contribution in [0.25, 0.3) is 11.1 Å². The smallest absolute Gasteiger partial charge is 0.416 e. The van der Waals surface area contributed by atoms with Gasteiger partial charge >= 0.3 is 6.18 Å². The second kappa shape index (κ2) is 6.88. The molecular weight excluding hydrogens is 355 g/mol. The summed E-state index contributed by atoms with van der Waals surface area (Å²) in [6, 6.07) is 11.0. The molecule has 2 heterocycles. The number of hydrogen-bond donors (Lipinski definition) is 1. The number of hydrogen-bond acceptors (Lipinski definition) is 4. The van der Waals surface area contributed by atoms with Crippen LogP contribution in [0.2, 0.25) is 0 Å². The van der Waals surface area contributed by atoms with Crippen LogP contribution < -0.4 is 10.5 Å². The van der Waals surface area contributed by atoms with Gasteiger partial charge in [-0.1, -0.05) is 18.2 Å². The monoisotopic (exact) mass is 375 g/mol. The molecule has 2 N–H and O–H groups in total. The Kier molecular flexibility index (Phi) is 4.55. The fraction of sp³-hybridized carbons (Fsp3) is 0.350. The quantitative estimate of drug-likeness (QED) is 0.829. The van der Waals surface area contributed by atoms with Gasteiger partial charge in [0.15, 0.2) is 0 Å². The van der Waals surface area contributed by atoms with Gasteiger partial charge in [0, 0.05) is 19.1 Å². The topological polar surface area (TPSA) is 50.8 Å². The Labute approximate surface area is 155 Å². The molecule has 0 aliphatic carbocycles. The van der Waals surface area contributed by atoms with Crippen molar-refractivity contribution in [1.82, 2.24) is 4.90 Å². The molecule has 142 valence electrons. The maximum atomic E-state index is 12.8. The van der Waals surface area contributed by atoms with Crippen molar-refractivity contribution in [3.05, 3.63) is 53.6 Å². The molecule has 7 heteroatoms. The Hall–Kier alpha value is -2.54. The molecule has 2 aliphatic heterocycles. The second-order valence-electron chi connectivity index (χ2n) is 6.83. The molecule has 0 amide bonds. The summed E-state index contributed by atoms with van der Waals surface area (Å²) < 4.78 is 44.2. The van der Waals surface area contributed by atoms with E-state index in [4.69, 9.17) is 10.5 Å². The highest BCUT2D eigenvalue weighted by atomic mass is 19.4. The van der Waals surface area contributed by atoms with Crippen molar-refractivity contribution < 1.29 is 17.9 Å². The first kappa shape index (κ1) is 17.9. The van der Waals surface area contributed by atoms with Gasteiger partial charge in [-0.15, -0.1) is 0 Å². The summed E-state index contributed by atoms with van der Waals surface area (Å²) in [5.74, 6) is 1.59. The number of alkyl halides is 3. The van der Waals surface area contributed by atoms with E-state index in [1.165, 1.54) is 12.1 Å². The number of halogens is 3. The summed E-state index contributed by atoms with van der Waals surface area (Å²) in [6.07, 6.45) is -3.43. The number of ether oxygens (including phenoxy) is 1. The Balaban J connectivity index is 1.70. The predicted octanol–water partition coefficient (Wildman–Crippen LogP) is 3.54. The predicted molar refractivity (Wildman–Crippen MR) is 97.9 cm³/mol. The number of fused-ring (bicyclic) bond motifs is 1. The number of nitrogens with zero attached hydrogens (tertiary/aromatic N) is 2. The molecular formula is C20H20F3N3O. The first-order valence-electron chi connectivity index (χ1n) is 8.91. The molecule has 0 aromatic heterocycles. The van der Waals surface area contributed by atoms with E-state index in [9.17, 15) is 13.2 Å². The van der Waals surface area contributed by atoms with Crippen LogP contribution >= 0.6 is 0 Å². The zero-order chi connectivity index (χ0) is 19.0. The number of rotatable bonds is 1. The molecule has 1 atom stereocenters. The fourth-order valence-corrected chi connectivity index (χ4v) is 3.50. The van der Waals surface area contributed by atoms with Crippen LogP contribution in [0, 0.1) is 0 Å². The molecule has 0 spiro atoms. The molecule has 2 aromatic rings. The van der Waals surface area contributed by atoms with Crippen LogP contribution in [0.15, 0.2) is 47.5 Å². The Bertz CT molecular complexity index is 862. The molecule has 2 aliphatic rings. The molecule has 0 radical (unpaired) electrons. The van der Waals surface area contributed by atoms with Crippen molar-refractivity contribution in [2.45, 2.75) is 18.6 Å². The highest BCUT2D eigenvalue weighted by Gasteiger charge is 2.30. The average Bonchev–Trinajstić information content (AvgIpc) is 2.96. The van der Waals surface area contributed by atoms with Crippen LogP contribution in [0.3, 0.4) is 0 Å². The van der Waals surface area contributed by atoms with E-state index in [0.717, 1.165) is 54.4 Å². The maximum Gasteiger partial charge on any atom is 0.416 e. The maximum absolute atomic E-state index is 12.8. The van der Waals surface area contributed by atoms with Crippen molar-refractivity contribution >= 4 is 5.84 Å². The van der Waals surface area contributed by atoms with Crippen LogP contribution in [-0.4, -0.2) is 43.0 Å². The first-order chi connectivity index (χ1) is 12.9. The number of amidine groups is 1. The van der Waals surface area contributed by atoms with Crippen molar-refractivity contribution in [2.75, 3.05) is 26.2 Å². The van der Waals surface area contributed by atoms with Gasteiger partial charge in [-0.25, -0.2) is 0 Å². The molecule has 2 aromatic carbocycles. The van der Waals surface area contributed by atoms with Crippen LogP contribution in [-0.2, 0) is 6.18 Å². The fourth-order valence-electron chi connectivity index (χ4n) is 3.50. The molecule has 4 rings (SSSR count). The number of benzene rings is 2. The number of nitrogens with two attached hydrogens (primary N) is 1. The average molecular weight is 375 g/mol. The summed E-state index contributed by atoms with van der Waals surface area (Å²) in [6.45, 7) is 2.63. The SMILES string of the molecule is NC1CCN(C2=NCCOc3ccc(-c4ccc(C(F)(F)F)cc4)cc32)C1. The van der Waals surface area contributed by atoms with Crippen LogP contribution in [0.1, 0.15) is 17.5 Å². The third kappa shape index (κ3) is 3.64. The Morgan fingerprint density at radius 2 is 1.81 bits per heavy atom. The summed E-state index contributed by atoms with van der Waals surface area (Å²) >= 11 is 0. The minimum absolute atomic E-state index is 0.124. The molecule has 1 fully saturated rings. The Morgan fingerprint density at radius 3 is 2.48 bits per heavy atom.